The first-order chi connectivity index (χ1) is 15.2. The lowest BCUT2D eigenvalue weighted by molar-refractivity contribution is 0.160. The molecule has 3 aliphatic rings. The van der Waals surface area contributed by atoms with E-state index in [0.29, 0.717) is 18.6 Å². The van der Waals surface area contributed by atoms with Crippen molar-refractivity contribution in [3.8, 4) is 0 Å². The Morgan fingerprint density at radius 1 is 0.871 bits per heavy atom. The molecule has 0 radical (unpaired) electrons. The van der Waals surface area contributed by atoms with Crippen LogP contribution in [-0.2, 0) is 13.6 Å². The molecule has 0 spiro atoms. The van der Waals surface area contributed by atoms with Crippen LogP contribution in [0.25, 0.3) is 0 Å². The smallest absolute Gasteiger partial charge is 0.192 e. The van der Waals surface area contributed by atoms with Crippen molar-refractivity contribution < 1.29 is 0 Å². The number of hydrogen-bond donors (Lipinski definition) is 2. The summed E-state index contributed by atoms with van der Waals surface area (Å²) in [6, 6.07) is 1.06. The predicted molar refractivity (Wildman–Crippen MR) is 126 cm³/mol. The predicted octanol–water partition coefficient (Wildman–Crippen LogP) is 3.54. The summed E-state index contributed by atoms with van der Waals surface area (Å²) in [5.41, 5.74) is 0. The van der Waals surface area contributed by atoms with Crippen molar-refractivity contribution in [1.82, 2.24) is 30.3 Å². The van der Waals surface area contributed by atoms with Crippen molar-refractivity contribution in [2.45, 2.75) is 103 Å². The molecule has 0 aromatic carbocycles. The quantitative estimate of drug-likeness (QED) is 0.535. The zero-order chi connectivity index (χ0) is 21.5. The molecule has 1 aliphatic heterocycles. The summed E-state index contributed by atoms with van der Waals surface area (Å²) in [4.78, 5) is 7.64. The summed E-state index contributed by atoms with van der Waals surface area (Å²) in [6.07, 6.45) is 16.2. The SMILES string of the molecule is Cc1nnc(CN=C(NC2CCCCC2)NC2CCN(CC3CCCCC3)CC2)n1C. The van der Waals surface area contributed by atoms with Gasteiger partial charge in [-0.05, 0) is 51.4 Å². The number of hydrogen-bond acceptors (Lipinski definition) is 4. The number of rotatable bonds is 6. The number of likely N-dealkylation sites (tertiary alicyclic amines) is 1. The summed E-state index contributed by atoms with van der Waals surface area (Å²) in [5.74, 6) is 3.77. The van der Waals surface area contributed by atoms with Crippen LogP contribution in [0.5, 0.6) is 0 Å². The molecule has 0 unspecified atom stereocenters. The van der Waals surface area contributed by atoms with Crippen molar-refractivity contribution in [2.75, 3.05) is 19.6 Å². The lowest BCUT2D eigenvalue weighted by Gasteiger charge is -2.36. The van der Waals surface area contributed by atoms with Gasteiger partial charge in [0, 0.05) is 38.8 Å². The Kier molecular flexibility index (Phi) is 8.22. The van der Waals surface area contributed by atoms with Crippen molar-refractivity contribution in [3.63, 3.8) is 0 Å². The van der Waals surface area contributed by atoms with Crippen molar-refractivity contribution in [2.24, 2.45) is 18.0 Å². The van der Waals surface area contributed by atoms with Gasteiger partial charge in [0.1, 0.15) is 12.4 Å². The van der Waals surface area contributed by atoms with Gasteiger partial charge in [-0.2, -0.15) is 0 Å². The van der Waals surface area contributed by atoms with Crippen molar-refractivity contribution in [1.29, 1.82) is 0 Å². The normalized spacial score (nSPS) is 23.2. The van der Waals surface area contributed by atoms with Crippen LogP contribution < -0.4 is 10.6 Å². The molecule has 0 bridgehead atoms. The Morgan fingerprint density at radius 2 is 1.48 bits per heavy atom. The average Bonchev–Trinajstić information content (AvgIpc) is 3.12. The van der Waals surface area contributed by atoms with Gasteiger partial charge in [-0.25, -0.2) is 4.99 Å². The van der Waals surface area contributed by atoms with Gasteiger partial charge >= 0.3 is 0 Å². The first kappa shape index (κ1) is 22.6. The second-order valence-corrected chi connectivity index (χ2v) is 10.1. The number of nitrogens with zero attached hydrogens (tertiary/aromatic N) is 5. The van der Waals surface area contributed by atoms with Gasteiger partial charge in [0.05, 0.1) is 0 Å². The molecule has 2 aliphatic carbocycles. The molecule has 1 saturated heterocycles. The third-order valence-electron chi connectivity index (χ3n) is 7.68. The van der Waals surface area contributed by atoms with Gasteiger partial charge < -0.3 is 20.1 Å². The molecule has 1 aromatic heterocycles. The van der Waals surface area contributed by atoms with Gasteiger partial charge in [-0.1, -0.05) is 38.5 Å². The third kappa shape index (κ3) is 6.67. The lowest BCUT2D eigenvalue weighted by atomic mass is 9.88. The minimum absolute atomic E-state index is 0.513. The minimum atomic E-state index is 0.513. The Hall–Kier alpha value is -1.63. The summed E-state index contributed by atoms with van der Waals surface area (Å²) in [5, 5.41) is 16.0. The third-order valence-corrected chi connectivity index (χ3v) is 7.68. The van der Waals surface area contributed by atoms with Gasteiger partial charge in [0.15, 0.2) is 11.8 Å². The molecule has 174 valence electrons. The van der Waals surface area contributed by atoms with E-state index in [-0.39, 0.29) is 0 Å². The molecule has 1 aromatic rings. The second-order valence-electron chi connectivity index (χ2n) is 10.1. The molecule has 7 heteroatoms. The number of aliphatic imine (C=N–C) groups is 1. The molecule has 3 fully saturated rings. The molecule has 2 N–H and O–H groups in total. The van der Waals surface area contributed by atoms with Crippen LogP contribution in [0.4, 0.5) is 0 Å². The zero-order valence-corrected chi connectivity index (χ0v) is 19.8. The van der Waals surface area contributed by atoms with Crippen LogP contribution in [0.15, 0.2) is 4.99 Å². The summed E-state index contributed by atoms with van der Waals surface area (Å²) < 4.78 is 2.03. The Balaban J connectivity index is 1.30. The molecule has 4 rings (SSSR count). The maximum absolute atomic E-state index is 4.93. The van der Waals surface area contributed by atoms with Crippen LogP contribution in [0.3, 0.4) is 0 Å². The first-order valence-corrected chi connectivity index (χ1v) is 12.8. The molecule has 7 nitrogen and oxygen atoms in total. The second kappa shape index (κ2) is 11.3. The van der Waals surface area contributed by atoms with E-state index in [1.165, 1.54) is 96.7 Å². The van der Waals surface area contributed by atoms with Gasteiger partial charge in [0.2, 0.25) is 0 Å². The highest BCUT2D eigenvalue weighted by atomic mass is 15.3. The van der Waals surface area contributed by atoms with E-state index >= 15 is 0 Å². The van der Waals surface area contributed by atoms with Gasteiger partial charge in [-0.3, -0.25) is 0 Å². The molecule has 0 amide bonds. The highest BCUT2D eigenvalue weighted by Crippen LogP contribution is 2.25. The Morgan fingerprint density at radius 3 is 2.10 bits per heavy atom. The summed E-state index contributed by atoms with van der Waals surface area (Å²) in [7, 11) is 2.02. The highest BCUT2D eigenvalue weighted by molar-refractivity contribution is 5.80. The fraction of sp³-hybridized carbons (Fsp3) is 0.875. The van der Waals surface area contributed by atoms with Crippen LogP contribution in [0.1, 0.15) is 88.7 Å². The fourth-order valence-electron chi connectivity index (χ4n) is 5.50. The van der Waals surface area contributed by atoms with Crippen LogP contribution in [0, 0.1) is 12.8 Å². The number of aromatic nitrogens is 3. The number of aryl methyl sites for hydroxylation is 1. The Bertz CT molecular complexity index is 693. The minimum Gasteiger partial charge on any atom is -0.354 e. The molecule has 31 heavy (non-hydrogen) atoms. The fourth-order valence-corrected chi connectivity index (χ4v) is 5.50. The largest absolute Gasteiger partial charge is 0.354 e. The van der Waals surface area contributed by atoms with E-state index in [2.05, 4.69) is 25.7 Å². The molecule has 2 saturated carbocycles. The Labute approximate surface area is 188 Å². The van der Waals surface area contributed by atoms with E-state index in [9.17, 15) is 0 Å². The summed E-state index contributed by atoms with van der Waals surface area (Å²) >= 11 is 0. The monoisotopic (exact) mass is 429 g/mol. The van der Waals surface area contributed by atoms with Gasteiger partial charge in [0.25, 0.3) is 0 Å². The highest BCUT2D eigenvalue weighted by Gasteiger charge is 2.24. The molecular formula is C24H43N7. The average molecular weight is 430 g/mol. The van der Waals surface area contributed by atoms with Gasteiger partial charge in [-0.15, -0.1) is 10.2 Å². The number of nitrogens with one attached hydrogen (secondary N) is 2. The topological polar surface area (TPSA) is 70.4 Å². The van der Waals surface area contributed by atoms with Crippen LogP contribution >= 0.6 is 0 Å². The van der Waals surface area contributed by atoms with E-state index < -0.39 is 0 Å². The first-order valence-electron chi connectivity index (χ1n) is 12.8. The van der Waals surface area contributed by atoms with Crippen molar-refractivity contribution in [3.05, 3.63) is 11.6 Å². The van der Waals surface area contributed by atoms with E-state index in [1.807, 2.05) is 18.5 Å². The lowest BCUT2D eigenvalue weighted by Crippen LogP contribution is -2.51. The molecular weight excluding hydrogens is 386 g/mol. The molecule has 2 heterocycles. The number of guanidine groups is 1. The summed E-state index contributed by atoms with van der Waals surface area (Å²) in [6.45, 7) is 6.31. The maximum Gasteiger partial charge on any atom is 0.192 e. The van der Waals surface area contributed by atoms with Crippen LogP contribution in [0.2, 0.25) is 0 Å². The van der Waals surface area contributed by atoms with Crippen LogP contribution in [-0.4, -0.2) is 57.3 Å². The zero-order valence-electron chi connectivity index (χ0n) is 19.8. The van der Waals surface area contributed by atoms with Crippen molar-refractivity contribution >= 4 is 5.96 Å². The standard InChI is InChI=1S/C24H43N7/c1-19-28-29-23(30(19)2)17-25-24(26-21-11-7-4-8-12-21)27-22-13-15-31(16-14-22)18-20-9-5-3-6-10-20/h20-22H,3-18H2,1-2H3,(H2,25,26,27). The van der Waals surface area contributed by atoms with E-state index in [4.69, 9.17) is 4.99 Å². The number of piperidine rings is 1. The van der Waals surface area contributed by atoms with E-state index in [1.54, 1.807) is 0 Å². The van der Waals surface area contributed by atoms with E-state index in [0.717, 1.165) is 23.5 Å². The molecule has 0 atom stereocenters. The maximum atomic E-state index is 4.93.